The number of thiazole rings is 1. The van der Waals surface area contributed by atoms with Gasteiger partial charge in [-0.2, -0.15) is 0 Å². The Morgan fingerprint density at radius 2 is 1.67 bits per heavy atom. The fourth-order valence-electron chi connectivity index (χ4n) is 2.82. The lowest BCUT2D eigenvalue weighted by Crippen LogP contribution is -2.14. The zero-order chi connectivity index (χ0) is 23.3. The number of hydrogen-bond acceptors (Lipinski definition) is 7. The van der Waals surface area contributed by atoms with Crippen molar-refractivity contribution in [3.05, 3.63) is 101 Å². The third-order valence-electron chi connectivity index (χ3n) is 4.45. The number of ether oxygens (including phenoxy) is 1. The first-order chi connectivity index (χ1) is 15.9. The lowest BCUT2D eigenvalue weighted by atomic mass is 10.2. The van der Waals surface area contributed by atoms with Gasteiger partial charge in [0.05, 0.1) is 21.8 Å². The van der Waals surface area contributed by atoms with Gasteiger partial charge < -0.3 is 10.1 Å². The first kappa shape index (κ1) is 22.4. The fourth-order valence-corrected chi connectivity index (χ4v) is 4.60. The van der Waals surface area contributed by atoms with Gasteiger partial charge in [-0.1, -0.05) is 30.3 Å². The standard InChI is InChI=1S/C23H18FN3O4S2/c24-20-8-4-5-9-21(20)27-33(29,30)19-12-10-16(11-13-19)22(28)31-14-18-15-32-23(26-18)25-17-6-2-1-3-7-17/h1-13,15,27H,14H2,(H,25,26). The number of anilines is 3. The van der Waals surface area contributed by atoms with Gasteiger partial charge in [-0.25, -0.2) is 22.6 Å². The lowest BCUT2D eigenvalue weighted by Gasteiger charge is -2.09. The molecule has 2 N–H and O–H groups in total. The van der Waals surface area contributed by atoms with E-state index in [2.05, 4.69) is 15.0 Å². The van der Waals surface area contributed by atoms with E-state index in [4.69, 9.17) is 4.74 Å². The quantitative estimate of drug-likeness (QED) is 0.335. The molecule has 0 bridgehead atoms. The minimum atomic E-state index is -4.01. The zero-order valence-corrected chi connectivity index (χ0v) is 18.7. The molecule has 0 unspecified atom stereocenters. The maximum Gasteiger partial charge on any atom is 0.338 e. The van der Waals surface area contributed by atoms with Crippen LogP contribution in [0.25, 0.3) is 0 Å². The Morgan fingerprint density at radius 3 is 2.39 bits per heavy atom. The highest BCUT2D eigenvalue weighted by Crippen LogP contribution is 2.22. The van der Waals surface area contributed by atoms with Crippen LogP contribution < -0.4 is 10.0 Å². The molecule has 0 aliphatic rings. The Morgan fingerprint density at radius 1 is 0.970 bits per heavy atom. The summed E-state index contributed by atoms with van der Waals surface area (Å²) in [5.74, 6) is -1.31. The number of para-hydroxylation sites is 2. The van der Waals surface area contributed by atoms with Crippen molar-refractivity contribution >= 4 is 43.8 Å². The molecule has 0 amide bonds. The molecule has 1 aromatic heterocycles. The highest BCUT2D eigenvalue weighted by molar-refractivity contribution is 7.92. The predicted molar refractivity (Wildman–Crippen MR) is 125 cm³/mol. The van der Waals surface area contributed by atoms with E-state index in [1.54, 1.807) is 5.38 Å². The van der Waals surface area contributed by atoms with Crippen molar-refractivity contribution in [2.45, 2.75) is 11.5 Å². The van der Waals surface area contributed by atoms with Gasteiger partial charge in [-0.3, -0.25) is 4.72 Å². The Labute approximate surface area is 193 Å². The first-order valence-electron chi connectivity index (χ1n) is 9.72. The normalized spacial score (nSPS) is 11.1. The van der Waals surface area contributed by atoms with Crippen LogP contribution in [0.3, 0.4) is 0 Å². The fraction of sp³-hybridized carbons (Fsp3) is 0.0435. The van der Waals surface area contributed by atoms with Crippen molar-refractivity contribution in [1.82, 2.24) is 4.98 Å². The van der Waals surface area contributed by atoms with Crippen molar-refractivity contribution < 1.29 is 22.3 Å². The summed E-state index contributed by atoms with van der Waals surface area (Å²) >= 11 is 1.38. The molecular weight excluding hydrogens is 465 g/mol. The summed E-state index contributed by atoms with van der Waals surface area (Å²) in [7, 11) is -4.01. The largest absolute Gasteiger partial charge is 0.456 e. The summed E-state index contributed by atoms with van der Waals surface area (Å²) in [6.45, 7) is -0.0271. The van der Waals surface area contributed by atoms with Crippen LogP contribution in [-0.4, -0.2) is 19.4 Å². The monoisotopic (exact) mass is 483 g/mol. The summed E-state index contributed by atoms with van der Waals surface area (Å²) < 4.78 is 46.2. The number of nitrogens with one attached hydrogen (secondary N) is 2. The van der Waals surface area contributed by atoms with Crippen molar-refractivity contribution in [1.29, 1.82) is 0 Å². The minimum absolute atomic E-state index is 0.0271. The summed E-state index contributed by atoms with van der Waals surface area (Å²) in [5.41, 5.74) is 1.50. The van der Waals surface area contributed by atoms with Gasteiger partial charge in [0.25, 0.3) is 10.0 Å². The van der Waals surface area contributed by atoms with E-state index < -0.39 is 21.8 Å². The van der Waals surface area contributed by atoms with Crippen LogP contribution >= 0.6 is 11.3 Å². The van der Waals surface area contributed by atoms with E-state index in [0.717, 1.165) is 11.8 Å². The van der Waals surface area contributed by atoms with E-state index in [9.17, 15) is 17.6 Å². The molecule has 0 saturated heterocycles. The Bertz CT molecular complexity index is 1360. The molecule has 4 rings (SSSR count). The number of sulfonamides is 1. The van der Waals surface area contributed by atoms with E-state index >= 15 is 0 Å². The van der Waals surface area contributed by atoms with Gasteiger partial charge in [0.15, 0.2) is 5.13 Å². The summed E-state index contributed by atoms with van der Waals surface area (Å²) in [6.07, 6.45) is 0. The highest BCUT2D eigenvalue weighted by Gasteiger charge is 2.17. The van der Waals surface area contributed by atoms with E-state index in [0.29, 0.717) is 10.8 Å². The third kappa shape index (κ3) is 5.73. The van der Waals surface area contributed by atoms with Crippen molar-refractivity contribution in [3.8, 4) is 0 Å². The maximum absolute atomic E-state index is 13.7. The van der Waals surface area contributed by atoms with Crippen LogP contribution in [-0.2, 0) is 21.4 Å². The predicted octanol–water partition coefficient (Wildman–Crippen LogP) is 5.18. The van der Waals surface area contributed by atoms with Crippen molar-refractivity contribution in [2.75, 3.05) is 10.0 Å². The average Bonchev–Trinajstić information content (AvgIpc) is 3.27. The van der Waals surface area contributed by atoms with E-state index in [1.165, 1.54) is 53.8 Å². The number of carbonyl (C=O) groups excluding carboxylic acids is 1. The molecule has 10 heteroatoms. The minimum Gasteiger partial charge on any atom is -0.456 e. The number of halogens is 1. The molecule has 0 spiro atoms. The molecule has 3 aromatic carbocycles. The summed E-state index contributed by atoms with van der Waals surface area (Å²) in [6, 6.07) is 20.2. The second-order valence-electron chi connectivity index (χ2n) is 6.82. The van der Waals surface area contributed by atoms with Gasteiger partial charge in [0, 0.05) is 11.1 Å². The number of benzene rings is 3. The molecule has 1 heterocycles. The number of esters is 1. The molecule has 168 valence electrons. The number of aromatic nitrogens is 1. The molecule has 0 fully saturated rings. The topological polar surface area (TPSA) is 97.4 Å². The highest BCUT2D eigenvalue weighted by atomic mass is 32.2. The Kier molecular flexibility index (Phi) is 6.66. The Hall–Kier alpha value is -3.76. The molecule has 0 saturated carbocycles. The number of rotatable bonds is 8. The second-order valence-corrected chi connectivity index (χ2v) is 9.36. The zero-order valence-electron chi connectivity index (χ0n) is 17.1. The summed E-state index contributed by atoms with van der Waals surface area (Å²) in [4.78, 5) is 16.6. The molecule has 0 atom stereocenters. The smallest absolute Gasteiger partial charge is 0.338 e. The number of carbonyl (C=O) groups is 1. The maximum atomic E-state index is 13.7. The molecular formula is C23H18FN3O4S2. The van der Waals surface area contributed by atoms with Gasteiger partial charge in [-0.05, 0) is 48.5 Å². The van der Waals surface area contributed by atoms with Gasteiger partial charge in [0.1, 0.15) is 12.4 Å². The SMILES string of the molecule is O=C(OCc1csc(Nc2ccccc2)n1)c1ccc(S(=O)(=O)Nc2ccccc2F)cc1. The molecule has 0 aliphatic heterocycles. The lowest BCUT2D eigenvalue weighted by molar-refractivity contribution is 0.0468. The van der Waals surface area contributed by atoms with Crippen molar-refractivity contribution in [2.24, 2.45) is 0 Å². The molecule has 7 nitrogen and oxygen atoms in total. The number of hydrogen-bond donors (Lipinski definition) is 2. The first-order valence-corrected chi connectivity index (χ1v) is 12.1. The van der Waals surface area contributed by atoms with Crippen LogP contribution in [0.5, 0.6) is 0 Å². The van der Waals surface area contributed by atoms with Crippen LogP contribution in [0.2, 0.25) is 0 Å². The molecule has 0 radical (unpaired) electrons. The molecule has 33 heavy (non-hydrogen) atoms. The van der Waals surface area contributed by atoms with Crippen LogP contribution in [0, 0.1) is 5.82 Å². The molecule has 4 aromatic rings. The van der Waals surface area contributed by atoms with Crippen LogP contribution in [0.4, 0.5) is 20.9 Å². The second kappa shape index (κ2) is 9.80. The third-order valence-corrected chi connectivity index (χ3v) is 6.63. The van der Waals surface area contributed by atoms with Gasteiger partial charge in [0.2, 0.25) is 0 Å². The van der Waals surface area contributed by atoms with Crippen LogP contribution in [0.15, 0.2) is 89.1 Å². The molecule has 0 aliphatic carbocycles. The van der Waals surface area contributed by atoms with Gasteiger partial charge >= 0.3 is 5.97 Å². The van der Waals surface area contributed by atoms with E-state index in [1.807, 2.05) is 30.3 Å². The van der Waals surface area contributed by atoms with Crippen molar-refractivity contribution in [3.63, 3.8) is 0 Å². The van der Waals surface area contributed by atoms with Crippen LogP contribution in [0.1, 0.15) is 16.1 Å². The average molecular weight is 484 g/mol. The van der Waals surface area contributed by atoms with Gasteiger partial charge in [-0.15, -0.1) is 11.3 Å². The number of nitrogens with zero attached hydrogens (tertiary/aromatic N) is 1. The Balaban J connectivity index is 1.35. The van der Waals surface area contributed by atoms with E-state index in [-0.39, 0.29) is 22.8 Å². The summed E-state index contributed by atoms with van der Waals surface area (Å²) in [5, 5.41) is 5.62.